The second-order valence-corrected chi connectivity index (χ2v) is 16.8. The molecular formula is C50H82NO11P. The van der Waals surface area contributed by atoms with Gasteiger partial charge < -0.3 is 30.3 Å². The molecule has 63 heavy (non-hydrogen) atoms. The highest BCUT2D eigenvalue weighted by molar-refractivity contribution is 7.47. The first kappa shape index (κ1) is 59.4. The van der Waals surface area contributed by atoms with Crippen LogP contribution in [0, 0.1) is 0 Å². The van der Waals surface area contributed by atoms with Crippen molar-refractivity contribution in [1.82, 2.24) is 0 Å². The Bertz CT molecular complexity index is 1450. The fourth-order valence-corrected chi connectivity index (χ4v) is 6.51. The number of allylic oxidation sites excluding steroid dienone is 14. The Labute approximate surface area is 379 Å². The molecule has 0 rings (SSSR count). The number of hydrogen-bond donors (Lipinski definition) is 4. The van der Waals surface area contributed by atoms with Crippen molar-refractivity contribution in [2.45, 2.75) is 180 Å². The van der Waals surface area contributed by atoms with Gasteiger partial charge in [0.05, 0.1) is 19.3 Å². The largest absolute Gasteiger partial charge is 0.480 e. The van der Waals surface area contributed by atoms with Crippen LogP contribution in [0.3, 0.4) is 0 Å². The van der Waals surface area contributed by atoms with Gasteiger partial charge >= 0.3 is 25.7 Å². The maximum atomic E-state index is 12.6. The summed E-state index contributed by atoms with van der Waals surface area (Å²) < 4.78 is 32.6. The molecule has 0 fully saturated rings. The van der Waals surface area contributed by atoms with Crippen LogP contribution < -0.4 is 5.73 Å². The van der Waals surface area contributed by atoms with Crippen molar-refractivity contribution in [1.29, 1.82) is 0 Å². The molecule has 0 radical (unpaired) electrons. The summed E-state index contributed by atoms with van der Waals surface area (Å²) in [4.78, 5) is 46.0. The third-order valence-corrected chi connectivity index (χ3v) is 10.4. The molecule has 0 saturated carbocycles. The molecule has 0 aliphatic heterocycles. The van der Waals surface area contributed by atoms with Gasteiger partial charge in [0.15, 0.2) is 6.10 Å². The van der Waals surface area contributed by atoms with Crippen molar-refractivity contribution < 1.29 is 52.6 Å². The zero-order valence-corrected chi connectivity index (χ0v) is 39.4. The zero-order valence-electron chi connectivity index (χ0n) is 38.5. The number of aliphatic hydroxyl groups is 1. The number of aliphatic hydroxyl groups excluding tert-OH is 1. The van der Waals surface area contributed by atoms with E-state index in [1.54, 1.807) is 6.08 Å². The molecule has 0 bridgehead atoms. The number of hydrogen-bond acceptors (Lipinski definition) is 10. The lowest BCUT2D eigenvalue weighted by Gasteiger charge is -2.20. The molecule has 0 aromatic carbocycles. The van der Waals surface area contributed by atoms with Crippen LogP contribution in [0.4, 0.5) is 0 Å². The standard InChI is InChI=1S/C50H82NO11P/c1-3-5-7-8-9-10-11-12-13-14-15-16-17-20-23-26-29-32-36-40-48(53)59-42-46(43-60-63(57,58)61-44-47(51)50(55)56)62-49(54)41-37-33-30-27-24-21-18-19-22-25-28-31-35-39-45(52)38-34-6-4-2/h6,9-10,12-13,19,21-22,24,28,30-31,33-35,39,45-47,52H,3-5,7-8,11,14-18,20,23,25-27,29,32,36-38,40-44,51H2,1-2H3,(H,55,56)(H,57,58)/b10-9-,13-12-,22-19-,24-21-,31-28+,33-30-,34-6-,39-35+/t45?,46-,47+/m1/s1. The number of unbranched alkanes of at least 4 members (excludes halogenated alkanes) is 12. The number of rotatable bonds is 42. The number of carbonyl (C=O) groups is 3. The Balaban J connectivity index is 4.49. The number of carboxylic acid groups (broad SMARTS) is 1. The summed E-state index contributed by atoms with van der Waals surface area (Å²) in [7, 11) is -4.76. The molecule has 2 unspecified atom stereocenters. The summed E-state index contributed by atoms with van der Waals surface area (Å²) in [5, 5.41) is 18.7. The molecule has 0 heterocycles. The van der Waals surface area contributed by atoms with E-state index in [4.69, 9.17) is 24.8 Å². The Hall–Kier alpha value is -3.64. The second kappa shape index (κ2) is 43.6. The van der Waals surface area contributed by atoms with Crippen LogP contribution in [-0.2, 0) is 37.5 Å². The van der Waals surface area contributed by atoms with E-state index in [0.717, 1.165) is 51.4 Å². The van der Waals surface area contributed by atoms with E-state index < -0.39 is 63.8 Å². The number of ether oxygens (including phenoxy) is 2. The maximum Gasteiger partial charge on any atom is 0.472 e. The monoisotopic (exact) mass is 904 g/mol. The van der Waals surface area contributed by atoms with Crippen molar-refractivity contribution in [3.8, 4) is 0 Å². The number of carbonyl (C=O) groups excluding carboxylic acids is 2. The van der Waals surface area contributed by atoms with E-state index in [1.807, 2.05) is 54.7 Å². The molecule has 0 aliphatic carbocycles. The summed E-state index contributed by atoms with van der Waals surface area (Å²) in [5.74, 6) is -2.53. The van der Waals surface area contributed by atoms with Gasteiger partial charge in [0.25, 0.3) is 0 Å². The molecule has 0 spiro atoms. The third kappa shape index (κ3) is 43.4. The Morgan fingerprint density at radius 2 is 1.11 bits per heavy atom. The van der Waals surface area contributed by atoms with Gasteiger partial charge in [-0.15, -0.1) is 0 Å². The zero-order chi connectivity index (χ0) is 46.5. The lowest BCUT2D eigenvalue weighted by Crippen LogP contribution is -2.34. The van der Waals surface area contributed by atoms with E-state index >= 15 is 0 Å². The van der Waals surface area contributed by atoms with E-state index in [2.05, 4.69) is 54.8 Å². The Kier molecular flexibility index (Phi) is 41.1. The molecule has 0 saturated heterocycles. The molecule has 0 amide bonds. The Morgan fingerprint density at radius 3 is 1.70 bits per heavy atom. The molecule has 0 aromatic heterocycles. The number of phosphoric ester groups is 1. The number of phosphoric acid groups is 1. The quantitative estimate of drug-likeness (QED) is 0.0149. The topological polar surface area (TPSA) is 192 Å². The Morgan fingerprint density at radius 1 is 0.587 bits per heavy atom. The van der Waals surface area contributed by atoms with Gasteiger partial charge in [-0.05, 0) is 77.0 Å². The van der Waals surface area contributed by atoms with Gasteiger partial charge in [-0.3, -0.25) is 23.4 Å². The van der Waals surface area contributed by atoms with Crippen LogP contribution in [-0.4, -0.2) is 71.1 Å². The fourth-order valence-electron chi connectivity index (χ4n) is 5.73. The predicted octanol–water partition coefficient (Wildman–Crippen LogP) is 11.8. The summed E-state index contributed by atoms with van der Waals surface area (Å²) >= 11 is 0. The van der Waals surface area contributed by atoms with Crippen molar-refractivity contribution in [3.05, 3.63) is 97.2 Å². The first-order valence-electron chi connectivity index (χ1n) is 23.4. The minimum atomic E-state index is -4.76. The first-order valence-corrected chi connectivity index (χ1v) is 24.9. The lowest BCUT2D eigenvalue weighted by atomic mass is 10.1. The van der Waals surface area contributed by atoms with Crippen molar-refractivity contribution in [3.63, 3.8) is 0 Å². The highest BCUT2D eigenvalue weighted by atomic mass is 31.2. The highest BCUT2D eigenvalue weighted by Gasteiger charge is 2.28. The molecule has 358 valence electrons. The van der Waals surface area contributed by atoms with Gasteiger partial charge in [-0.25, -0.2) is 4.57 Å². The minimum Gasteiger partial charge on any atom is -0.480 e. The van der Waals surface area contributed by atoms with Gasteiger partial charge in [-0.1, -0.05) is 169 Å². The summed E-state index contributed by atoms with van der Waals surface area (Å²) in [6.07, 6.45) is 52.4. The predicted molar refractivity (Wildman–Crippen MR) is 255 cm³/mol. The number of esters is 2. The minimum absolute atomic E-state index is 0.0143. The summed E-state index contributed by atoms with van der Waals surface area (Å²) in [6.45, 7) is 2.48. The van der Waals surface area contributed by atoms with E-state index in [1.165, 1.54) is 57.8 Å². The van der Waals surface area contributed by atoms with E-state index in [-0.39, 0.29) is 12.8 Å². The average molecular weight is 904 g/mol. The van der Waals surface area contributed by atoms with Crippen LogP contribution in [0.15, 0.2) is 97.2 Å². The molecule has 0 aromatic rings. The van der Waals surface area contributed by atoms with Crippen LogP contribution >= 0.6 is 7.82 Å². The molecule has 13 heteroatoms. The molecular weight excluding hydrogens is 822 g/mol. The maximum absolute atomic E-state index is 12.6. The normalized spacial score (nSPS) is 15.0. The van der Waals surface area contributed by atoms with Gasteiger partial charge in [-0.2, -0.15) is 0 Å². The fraction of sp³-hybridized carbons (Fsp3) is 0.620. The molecule has 0 aliphatic rings. The SMILES string of the molecule is CC/C=C\CC(O)/C=C/C=C/C/C=C\C/C=C\C/C=C\CCC(=O)O[C@H](COC(=O)CCCCCCCCCCC/C=C\C/C=C\CCCCC)COP(=O)(O)OC[C@H](N)C(=O)O. The number of carboxylic acids is 1. The third-order valence-electron chi connectivity index (χ3n) is 9.41. The average Bonchev–Trinajstić information content (AvgIpc) is 3.25. The van der Waals surface area contributed by atoms with Crippen molar-refractivity contribution in [2.75, 3.05) is 19.8 Å². The van der Waals surface area contributed by atoms with Crippen molar-refractivity contribution in [2.24, 2.45) is 5.73 Å². The summed E-state index contributed by atoms with van der Waals surface area (Å²) in [5.41, 5.74) is 5.33. The highest BCUT2D eigenvalue weighted by Crippen LogP contribution is 2.43. The van der Waals surface area contributed by atoms with E-state index in [9.17, 15) is 28.9 Å². The van der Waals surface area contributed by atoms with Crippen LogP contribution in [0.25, 0.3) is 0 Å². The molecule has 12 nitrogen and oxygen atoms in total. The van der Waals surface area contributed by atoms with Crippen LogP contribution in [0.1, 0.15) is 162 Å². The van der Waals surface area contributed by atoms with E-state index in [0.29, 0.717) is 25.7 Å². The number of nitrogens with two attached hydrogens (primary N) is 1. The van der Waals surface area contributed by atoms with Gasteiger partial charge in [0.1, 0.15) is 12.6 Å². The van der Waals surface area contributed by atoms with Gasteiger partial charge in [0.2, 0.25) is 0 Å². The number of aliphatic carboxylic acids is 1. The first-order chi connectivity index (χ1) is 30.5. The van der Waals surface area contributed by atoms with Crippen LogP contribution in [0.5, 0.6) is 0 Å². The van der Waals surface area contributed by atoms with Gasteiger partial charge in [0, 0.05) is 12.8 Å². The van der Waals surface area contributed by atoms with Crippen molar-refractivity contribution >= 4 is 25.7 Å². The summed E-state index contributed by atoms with van der Waals surface area (Å²) in [6, 6.07) is -1.55. The lowest BCUT2D eigenvalue weighted by molar-refractivity contribution is -0.161. The second-order valence-electron chi connectivity index (χ2n) is 15.4. The molecule has 4 atom stereocenters. The van der Waals surface area contributed by atoms with Crippen LogP contribution in [0.2, 0.25) is 0 Å². The smallest absolute Gasteiger partial charge is 0.472 e. The molecule has 5 N–H and O–H groups in total.